The lowest BCUT2D eigenvalue weighted by molar-refractivity contribution is -0.139. The molecule has 3 aromatic rings. The Labute approximate surface area is 248 Å². The van der Waals surface area contributed by atoms with E-state index in [-0.39, 0.29) is 34.8 Å². The summed E-state index contributed by atoms with van der Waals surface area (Å²) in [6.45, 7) is 4.88. The summed E-state index contributed by atoms with van der Waals surface area (Å²) in [5, 5.41) is 2.92. The van der Waals surface area contributed by atoms with Crippen molar-refractivity contribution in [2.24, 2.45) is 0 Å². The summed E-state index contributed by atoms with van der Waals surface area (Å²) in [5.41, 5.74) is 0.828. The van der Waals surface area contributed by atoms with Crippen molar-refractivity contribution < 1.29 is 32.2 Å². The van der Waals surface area contributed by atoms with Crippen LogP contribution in [0.5, 0.6) is 17.2 Å². The van der Waals surface area contributed by atoms with Crippen molar-refractivity contribution in [3.05, 3.63) is 78.4 Å². The van der Waals surface area contributed by atoms with Gasteiger partial charge in [-0.25, -0.2) is 8.42 Å². The van der Waals surface area contributed by atoms with Gasteiger partial charge in [-0.15, -0.1) is 0 Å². The molecule has 226 valence electrons. The van der Waals surface area contributed by atoms with E-state index in [1.807, 2.05) is 19.9 Å². The normalized spacial score (nSPS) is 12.5. The molecule has 2 atom stereocenters. The van der Waals surface area contributed by atoms with Crippen molar-refractivity contribution in [3.63, 3.8) is 0 Å². The van der Waals surface area contributed by atoms with Crippen molar-refractivity contribution in [1.82, 2.24) is 10.2 Å². The summed E-state index contributed by atoms with van der Waals surface area (Å²) in [6, 6.07) is 18.6. The second-order valence-corrected chi connectivity index (χ2v) is 11.6. The number of hydrogen-bond donors (Lipinski definition) is 1. The molecule has 0 saturated heterocycles. The molecular formula is C31H39N3O7S. The molecule has 0 fully saturated rings. The van der Waals surface area contributed by atoms with Crippen molar-refractivity contribution in [1.29, 1.82) is 0 Å². The van der Waals surface area contributed by atoms with Gasteiger partial charge in [0, 0.05) is 18.7 Å². The first-order valence-corrected chi connectivity index (χ1v) is 15.0. The van der Waals surface area contributed by atoms with E-state index in [0.29, 0.717) is 23.5 Å². The molecule has 0 aliphatic heterocycles. The van der Waals surface area contributed by atoms with Gasteiger partial charge in [-0.2, -0.15) is 0 Å². The van der Waals surface area contributed by atoms with Crippen LogP contribution < -0.4 is 23.8 Å². The molecule has 3 rings (SSSR count). The standard InChI is InChI=1S/C31H39N3O7S/c1-7-22(2)32-31(36)23(3)33(20-24-12-11-13-25(18-24)39-4)30(35)21-34(42(37,38)27-14-9-8-10-15-27)28-19-26(40-5)16-17-29(28)41-6/h8-19,22-23H,7,20-21H2,1-6H3,(H,32,36)/t22-,23-/m1/s1. The van der Waals surface area contributed by atoms with E-state index in [0.717, 1.165) is 4.31 Å². The minimum atomic E-state index is -4.26. The molecule has 1 N–H and O–H groups in total. The van der Waals surface area contributed by atoms with Crippen LogP contribution in [-0.2, 0) is 26.2 Å². The van der Waals surface area contributed by atoms with Crippen LogP contribution in [0.4, 0.5) is 5.69 Å². The lowest BCUT2D eigenvalue weighted by atomic mass is 10.1. The number of methoxy groups -OCH3 is 3. The van der Waals surface area contributed by atoms with Gasteiger partial charge in [0.15, 0.2) is 0 Å². The second kappa shape index (κ2) is 14.6. The van der Waals surface area contributed by atoms with Crippen molar-refractivity contribution in [2.45, 2.75) is 50.7 Å². The summed E-state index contributed by atoms with van der Waals surface area (Å²) in [6.07, 6.45) is 0.709. The number of hydrogen-bond acceptors (Lipinski definition) is 7. The van der Waals surface area contributed by atoms with Gasteiger partial charge in [-0.1, -0.05) is 37.3 Å². The molecule has 0 unspecified atom stereocenters. The van der Waals surface area contributed by atoms with Crippen LogP contribution in [0.1, 0.15) is 32.8 Å². The quantitative estimate of drug-likeness (QED) is 0.296. The molecule has 10 nitrogen and oxygen atoms in total. The Morgan fingerprint density at radius 1 is 0.857 bits per heavy atom. The molecule has 0 bridgehead atoms. The smallest absolute Gasteiger partial charge is 0.264 e. The van der Waals surface area contributed by atoms with Crippen LogP contribution in [0, 0.1) is 0 Å². The molecule has 0 aromatic heterocycles. The number of benzene rings is 3. The highest BCUT2D eigenvalue weighted by atomic mass is 32.2. The Morgan fingerprint density at radius 3 is 2.14 bits per heavy atom. The van der Waals surface area contributed by atoms with Crippen LogP contribution in [0.3, 0.4) is 0 Å². The van der Waals surface area contributed by atoms with Gasteiger partial charge in [0.2, 0.25) is 11.8 Å². The van der Waals surface area contributed by atoms with Gasteiger partial charge < -0.3 is 24.4 Å². The van der Waals surface area contributed by atoms with Crippen LogP contribution >= 0.6 is 0 Å². The number of carbonyl (C=O) groups is 2. The first kappa shape index (κ1) is 32.3. The summed E-state index contributed by atoms with van der Waals surface area (Å²) in [5.74, 6) is 0.253. The number of nitrogens with one attached hydrogen (secondary N) is 1. The molecule has 2 amide bonds. The predicted octanol–water partition coefficient (Wildman–Crippen LogP) is 4.24. The topological polar surface area (TPSA) is 114 Å². The SMILES string of the molecule is CC[C@@H](C)NC(=O)[C@@H](C)N(Cc1cccc(OC)c1)C(=O)CN(c1cc(OC)ccc1OC)S(=O)(=O)c1ccccc1. The number of anilines is 1. The molecular weight excluding hydrogens is 558 g/mol. The highest BCUT2D eigenvalue weighted by molar-refractivity contribution is 7.92. The number of sulfonamides is 1. The van der Waals surface area contributed by atoms with E-state index in [9.17, 15) is 18.0 Å². The summed E-state index contributed by atoms with van der Waals surface area (Å²) < 4.78 is 45.3. The minimum absolute atomic E-state index is 0.00965. The molecule has 11 heteroatoms. The van der Waals surface area contributed by atoms with Crippen molar-refractivity contribution in [3.8, 4) is 17.2 Å². The maximum atomic E-state index is 14.2. The van der Waals surface area contributed by atoms with Gasteiger partial charge in [-0.3, -0.25) is 13.9 Å². The van der Waals surface area contributed by atoms with E-state index in [4.69, 9.17) is 14.2 Å². The molecule has 0 radical (unpaired) electrons. The monoisotopic (exact) mass is 597 g/mol. The Morgan fingerprint density at radius 2 is 1.52 bits per heavy atom. The Kier molecular flexibility index (Phi) is 11.2. The fraction of sp³-hybridized carbons (Fsp3) is 0.355. The number of nitrogens with zero attached hydrogens (tertiary/aromatic N) is 2. The fourth-order valence-corrected chi connectivity index (χ4v) is 5.68. The van der Waals surface area contributed by atoms with E-state index in [1.54, 1.807) is 55.5 Å². The van der Waals surface area contributed by atoms with Gasteiger partial charge >= 0.3 is 0 Å². The van der Waals surface area contributed by atoms with Crippen LogP contribution in [0.15, 0.2) is 77.7 Å². The molecule has 3 aromatic carbocycles. The molecule has 0 saturated carbocycles. The lowest BCUT2D eigenvalue weighted by Crippen LogP contribution is -2.52. The maximum Gasteiger partial charge on any atom is 0.264 e. The van der Waals surface area contributed by atoms with Crippen molar-refractivity contribution >= 4 is 27.5 Å². The van der Waals surface area contributed by atoms with Crippen LogP contribution in [0.2, 0.25) is 0 Å². The average molecular weight is 598 g/mol. The number of ether oxygens (including phenoxy) is 3. The first-order chi connectivity index (χ1) is 20.0. The van der Waals surface area contributed by atoms with E-state index < -0.39 is 28.5 Å². The lowest BCUT2D eigenvalue weighted by Gasteiger charge is -2.33. The highest BCUT2D eigenvalue weighted by Gasteiger charge is 2.34. The van der Waals surface area contributed by atoms with Crippen molar-refractivity contribution in [2.75, 3.05) is 32.2 Å². The zero-order valence-electron chi connectivity index (χ0n) is 24.9. The maximum absolute atomic E-state index is 14.2. The Hall–Kier alpha value is -4.25. The molecule has 0 aliphatic carbocycles. The van der Waals surface area contributed by atoms with Crippen LogP contribution in [0.25, 0.3) is 0 Å². The van der Waals surface area contributed by atoms with E-state index in [1.165, 1.54) is 44.4 Å². The summed E-state index contributed by atoms with van der Waals surface area (Å²) in [4.78, 5) is 28.7. The zero-order chi connectivity index (χ0) is 30.9. The Bertz CT molecular complexity index is 1460. The molecule has 0 spiro atoms. The van der Waals surface area contributed by atoms with Gasteiger partial charge in [0.25, 0.3) is 10.0 Å². The molecule has 42 heavy (non-hydrogen) atoms. The second-order valence-electron chi connectivity index (χ2n) is 9.73. The largest absolute Gasteiger partial charge is 0.497 e. The van der Waals surface area contributed by atoms with Gasteiger partial charge in [0.1, 0.15) is 29.8 Å². The summed E-state index contributed by atoms with van der Waals surface area (Å²) in [7, 11) is 0.149. The highest BCUT2D eigenvalue weighted by Crippen LogP contribution is 2.36. The number of carbonyl (C=O) groups excluding carboxylic acids is 2. The summed E-state index contributed by atoms with van der Waals surface area (Å²) >= 11 is 0. The minimum Gasteiger partial charge on any atom is -0.497 e. The third-order valence-electron chi connectivity index (χ3n) is 6.92. The van der Waals surface area contributed by atoms with Crippen LogP contribution in [-0.4, -0.2) is 65.1 Å². The zero-order valence-corrected chi connectivity index (χ0v) is 25.7. The third kappa shape index (κ3) is 7.73. The number of amides is 2. The van der Waals surface area contributed by atoms with Gasteiger partial charge in [-0.05, 0) is 62.2 Å². The first-order valence-electron chi connectivity index (χ1n) is 13.6. The predicted molar refractivity (Wildman–Crippen MR) is 161 cm³/mol. The molecule has 0 heterocycles. The average Bonchev–Trinajstić information content (AvgIpc) is 3.01. The van der Waals surface area contributed by atoms with Gasteiger partial charge in [0.05, 0.1) is 31.9 Å². The Balaban J connectivity index is 2.11. The van der Waals surface area contributed by atoms with E-state index in [2.05, 4.69) is 5.32 Å². The fourth-order valence-electron chi connectivity index (χ4n) is 4.24. The molecule has 0 aliphatic rings. The van der Waals surface area contributed by atoms with E-state index >= 15 is 0 Å². The third-order valence-corrected chi connectivity index (χ3v) is 8.69. The number of rotatable bonds is 14.